The summed E-state index contributed by atoms with van der Waals surface area (Å²) < 4.78 is 0. The van der Waals surface area contributed by atoms with E-state index in [1.807, 2.05) is 29.7 Å². The molecule has 4 rings (SSSR count). The molecule has 1 aliphatic rings. The molecule has 0 amide bonds. The summed E-state index contributed by atoms with van der Waals surface area (Å²) >= 11 is 1.87. The molecule has 4 nitrogen and oxygen atoms in total. The van der Waals surface area contributed by atoms with E-state index in [9.17, 15) is 0 Å². The van der Waals surface area contributed by atoms with Crippen molar-refractivity contribution in [3.63, 3.8) is 0 Å². The van der Waals surface area contributed by atoms with E-state index in [0.29, 0.717) is 5.56 Å². The van der Waals surface area contributed by atoms with Gasteiger partial charge >= 0.3 is 0 Å². The number of H-pyrrole nitrogens is 1. The highest BCUT2D eigenvalue weighted by Crippen LogP contribution is 2.31. The van der Waals surface area contributed by atoms with Gasteiger partial charge in [0.05, 0.1) is 29.7 Å². The van der Waals surface area contributed by atoms with Crippen LogP contribution in [0.2, 0.25) is 0 Å². The molecule has 3 aromatic rings. The summed E-state index contributed by atoms with van der Waals surface area (Å²) in [4.78, 5) is 11.6. The van der Waals surface area contributed by atoms with Gasteiger partial charge in [-0.05, 0) is 47.5 Å². The fourth-order valence-electron chi connectivity index (χ4n) is 3.36. The van der Waals surface area contributed by atoms with Gasteiger partial charge in [-0.25, -0.2) is 4.98 Å². The normalized spacial score (nSPS) is 15.6. The Bertz CT molecular complexity index is 842. The lowest BCUT2D eigenvalue weighted by atomic mass is 9.98. The van der Waals surface area contributed by atoms with E-state index in [2.05, 4.69) is 44.5 Å². The Hall–Kier alpha value is -2.42. The summed E-state index contributed by atoms with van der Waals surface area (Å²) in [5.41, 5.74) is 4.55. The van der Waals surface area contributed by atoms with E-state index in [4.69, 9.17) is 5.26 Å². The number of hydrogen-bond acceptors (Lipinski definition) is 4. The molecule has 1 aromatic carbocycles. The van der Waals surface area contributed by atoms with Crippen molar-refractivity contribution in [1.82, 2.24) is 14.9 Å². The third kappa shape index (κ3) is 2.99. The van der Waals surface area contributed by atoms with Crippen LogP contribution in [0.15, 0.2) is 48.2 Å². The van der Waals surface area contributed by atoms with Gasteiger partial charge in [-0.2, -0.15) is 5.26 Å². The lowest BCUT2D eigenvalue weighted by molar-refractivity contribution is 0.176. The number of imidazole rings is 1. The largest absolute Gasteiger partial charge is 0.347 e. The third-order valence-corrected chi connectivity index (χ3v) is 5.69. The first kappa shape index (κ1) is 15.1. The second-order valence-electron chi connectivity index (χ2n) is 6.13. The number of aromatic amines is 1. The summed E-state index contributed by atoms with van der Waals surface area (Å²) in [7, 11) is 0. The number of benzene rings is 1. The molecular weight excluding hydrogens is 316 g/mol. The van der Waals surface area contributed by atoms with E-state index >= 15 is 0 Å². The average Bonchev–Trinajstić information content (AvgIpc) is 3.31. The molecule has 1 aliphatic heterocycles. The molecule has 0 bridgehead atoms. The number of nitrogens with one attached hydrogen (secondary N) is 1. The summed E-state index contributed by atoms with van der Waals surface area (Å²) in [6, 6.07) is 12.6. The Morgan fingerprint density at radius 2 is 2.17 bits per heavy atom. The summed E-state index contributed by atoms with van der Waals surface area (Å²) in [6.45, 7) is 2.05. The quantitative estimate of drug-likeness (QED) is 0.792. The maximum absolute atomic E-state index is 8.97. The summed E-state index contributed by atoms with van der Waals surface area (Å²) in [5, 5.41) is 11.2. The summed E-state index contributed by atoms with van der Waals surface area (Å²) in [5.74, 6) is 0. The van der Waals surface area contributed by atoms with E-state index in [1.54, 1.807) is 6.33 Å². The van der Waals surface area contributed by atoms with Crippen LogP contribution in [0.3, 0.4) is 0 Å². The standard InChI is InChI=1S/C19H18N4S/c20-10-15-3-1-14(2-4-15)9-18(17-11-21-13-22-17)23-7-5-19-16(12-23)6-8-24-19/h1-4,6,8,11,13,18H,5,7,9,12H2,(H,21,22). The van der Waals surface area contributed by atoms with Crippen LogP contribution in [0.5, 0.6) is 0 Å². The molecule has 0 fully saturated rings. The van der Waals surface area contributed by atoms with E-state index in [-0.39, 0.29) is 6.04 Å². The number of aromatic nitrogens is 2. The van der Waals surface area contributed by atoms with Gasteiger partial charge in [0, 0.05) is 24.2 Å². The maximum atomic E-state index is 8.97. The van der Waals surface area contributed by atoms with Crippen molar-refractivity contribution in [2.75, 3.05) is 6.54 Å². The fraction of sp³-hybridized carbons (Fsp3) is 0.263. The molecule has 1 unspecified atom stereocenters. The number of hydrogen-bond donors (Lipinski definition) is 1. The Kier molecular flexibility index (Phi) is 4.16. The van der Waals surface area contributed by atoms with Gasteiger partial charge in [0.25, 0.3) is 0 Å². The highest BCUT2D eigenvalue weighted by molar-refractivity contribution is 7.10. The Morgan fingerprint density at radius 1 is 1.29 bits per heavy atom. The Labute approximate surface area is 145 Å². The first-order chi connectivity index (χ1) is 11.8. The second kappa shape index (κ2) is 6.60. The molecule has 1 atom stereocenters. The van der Waals surface area contributed by atoms with Gasteiger partial charge in [-0.15, -0.1) is 11.3 Å². The molecule has 0 aliphatic carbocycles. The van der Waals surface area contributed by atoms with Gasteiger partial charge in [0.1, 0.15) is 0 Å². The number of nitrogens with zero attached hydrogens (tertiary/aromatic N) is 3. The van der Waals surface area contributed by atoms with Crippen LogP contribution >= 0.6 is 11.3 Å². The SMILES string of the molecule is N#Cc1ccc(CC(c2cnc[nH]2)N2CCc3sccc3C2)cc1. The molecular formula is C19H18N4S. The minimum atomic E-state index is 0.272. The van der Waals surface area contributed by atoms with Crippen molar-refractivity contribution in [2.45, 2.75) is 25.4 Å². The monoisotopic (exact) mass is 334 g/mol. The lowest BCUT2D eigenvalue weighted by Gasteiger charge is -2.34. The van der Waals surface area contributed by atoms with Gasteiger partial charge in [-0.1, -0.05) is 12.1 Å². The van der Waals surface area contributed by atoms with Gasteiger partial charge in [0.2, 0.25) is 0 Å². The molecule has 3 heterocycles. The molecule has 0 spiro atoms. The van der Waals surface area contributed by atoms with Crippen LogP contribution in [0.25, 0.3) is 0 Å². The van der Waals surface area contributed by atoms with Crippen LogP contribution in [-0.4, -0.2) is 21.4 Å². The zero-order chi connectivity index (χ0) is 16.4. The van der Waals surface area contributed by atoms with E-state index < -0.39 is 0 Å². The van der Waals surface area contributed by atoms with Crippen LogP contribution in [0, 0.1) is 11.3 Å². The van der Waals surface area contributed by atoms with Crippen molar-refractivity contribution in [1.29, 1.82) is 5.26 Å². The zero-order valence-electron chi connectivity index (χ0n) is 13.3. The predicted octanol–water partition coefficient (Wildman–Crippen LogP) is 3.68. The van der Waals surface area contributed by atoms with Crippen molar-refractivity contribution in [2.24, 2.45) is 0 Å². The van der Waals surface area contributed by atoms with Gasteiger partial charge in [-0.3, -0.25) is 4.90 Å². The number of thiophene rings is 1. The lowest BCUT2D eigenvalue weighted by Crippen LogP contribution is -2.34. The fourth-order valence-corrected chi connectivity index (χ4v) is 4.25. The molecule has 0 saturated carbocycles. The minimum absolute atomic E-state index is 0.272. The molecule has 24 heavy (non-hydrogen) atoms. The van der Waals surface area contributed by atoms with Gasteiger partial charge < -0.3 is 4.98 Å². The molecule has 0 radical (unpaired) electrons. The highest BCUT2D eigenvalue weighted by atomic mass is 32.1. The molecule has 2 aromatic heterocycles. The van der Waals surface area contributed by atoms with Crippen molar-refractivity contribution in [3.05, 3.63) is 75.5 Å². The molecule has 120 valence electrons. The number of fused-ring (bicyclic) bond motifs is 1. The Morgan fingerprint density at radius 3 is 2.92 bits per heavy atom. The number of nitriles is 1. The smallest absolute Gasteiger partial charge is 0.0991 e. The minimum Gasteiger partial charge on any atom is -0.347 e. The molecule has 0 saturated heterocycles. The van der Waals surface area contributed by atoms with Crippen LogP contribution in [0.4, 0.5) is 0 Å². The van der Waals surface area contributed by atoms with Crippen LogP contribution in [-0.2, 0) is 19.4 Å². The van der Waals surface area contributed by atoms with Crippen molar-refractivity contribution in [3.8, 4) is 6.07 Å². The second-order valence-corrected chi connectivity index (χ2v) is 7.13. The maximum Gasteiger partial charge on any atom is 0.0991 e. The summed E-state index contributed by atoms with van der Waals surface area (Å²) in [6.07, 6.45) is 5.71. The average molecular weight is 334 g/mol. The van der Waals surface area contributed by atoms with Crippen LogP contribution < -0.4 is 0 Å². The topological polar surface area (TPSA) is 55.7 Å². The third-order valence-electron chi connectivity index (χ3n) is 4.67. The Balaban J connectivity index is 1.59. The zero-order valence-corrected chi connectivity index (χ0v) is 14.1. The highest BCUT2D eigenvalue weighted by Gasteiger charge is 2.26. The van der Waals surface area contributed by atoms with Crippen LogP contribution in [0.1, 0.15) is 33.3 Å². The van der Waals surface area contributed by atoms with Gasteiger partial charge in [0.15, 0.2) is 0 Å². The number of rotatable bonds is 4. The first-order valence-corrected chi connectivity index (χ1v) is 8.98. The van der Waals surface area contributed by atoms with Crippen molar-refractivity contribution >= 4 is 11.3 Å². The predicted molar refractivity (Wildman–Crippen MR) is 94.6 cm³/mol. The van der Waals surface area contributed by atoms with E-state index in [1.165, 1.54) is 16.0 Å². The first-order valence-electron chi connectivity index (χ1n) is 8.10. The van der Waals surface area contributed by atoms with E-state index in [0.717, 1.165) is 31.6 Å². The molecule has 5 heteroatoms. The van der Waals surface area contributed by atoms with Crippen molar-refractivity contribution < 1.29 is 0 Å². The molecule has 1 N–H and O–H groups in total.